The summed E-state index contributed by atoms with van der Waals surface area (Å²) in [5.74, 6) is 1.40. The minimum absolute atomic E-state index is 0. The van der Waals surface area contributed by atoms with Gasteiger partial charge in [0, 0.05) is 25.3 Å². The summed E-state index contributed by atoms with van der Waals surface area (Å²) in [6, 6.07) is 15.5. The molecule has 1 aliphatic heterocycles. The summed E-state index contributed by atoms with van der Waals surface area (Å²) in [6.07, 6.45) is 1.08. The van der Waals surface area contributed by atoms with Crippen molar-refractivity contribution >= 4 is 18.3 Å². The molecule has 1 saturated heterocycles. The molecule has 0 bridgehead atoms. The lowest BCUT2D eigenvalue weighted by Gasteiger charge is -2.31. The summed E-state index contributed by atoms with van der Waals surface area (Å²) in [5, 5.41) is 2.95. The van der Waals surface area contributed by atoms with Gasteiger partial charge < -0.3 is 20.5 Å². The molecule has 0 aromatic heterocycles. The molecule has 0 unspecified atom stereocenters. The Bertz CT molecular complexity index is 745. The molecule has 1 fully saturated rings. The van der Waals surface area contributed by atoms with Crippen LogP contribution < -0.4 is 15.8 Å². The van der Waals surface area contributed by atoms with Crippen LogP contribution in [-0.2, 0) is 16.1 Å². The maximum absolute atomic E-state index is 12.5. The Balaban J connectivity index is 0.00000243. The standard InChI is InChI=1S/C20H24N2O3.ClH/c1-15-6-2-4-8-17(15)25-18-9-5-3-7-16(18)14-22-19(23)20(21)10-12-24-13-11-20;/h2-9H,10-14,21H2,1H3,(H,22,23);1H. The maximum atomic E-state index is 12.5. The quantitative estimate of drug-likeness (QED) is 0.839. The largest absolute Gasteiger partial charge is 0.457 e. The van der Waals surface area contributed by atoms with Crippen molar-refractivity contribution in [2.45, 2.75) is 31.8 Å². The molecule has 1 amide bonds. The fourth-order valence-electron chi connectivity index (χ4n) is 2.85. The molecule has 6 heteroatoms. The van der Waals surface area contributed by atoms with E-state index in [1.54, 1.807) is 0 Å². The average Bonchev–Trinajstić information content (AvgIpc) is 2.63. The first-order valence-electron chi connectivity index (χ1n) is 8.55. The van der Waals surface area contributed by atoms with E-state index in [2.05, 4.69) is 5.32 Å². The van der Waals surface area contributed by atoms with Crippen molar-refractivity contribution in [3.63, 3.8) is 0 Å². The Labute approximate surface area is 160 Å². The van der Waals surface area contributed by atoms with E-state index in [0.29, 0.717) is 32.6 Å². The van der Waals surface area contributed by atoms with Crippen LogP contribution >= 0.6 is 12.4 Å². The third-order valence-corrected chi connectivity index (χ3v) is 4.56. The van der Waals surface area contributed by atoms with Gasteiger partial charge in [0.15, 0.2) is 0 Å². The number of benzene rings is 2. The molecule has 2 aromatic carbocycles. The first-order chi connectivity index (χ1) is 12.1. The highest BCUT2D eigenvalue weighted by atomic mass is 35.5. The molecule has 26 heavy (non-hydrogen) atoms. The summed E-state index contributed by atoms with van der Waals surface area (Å²) in [4.78, 5) is 12.5. The summed E-state index contributed by atoms with van der Waals surface area (Å²) in [5.41, 5.74) is 7.35. The molecule has 0 saturated carbocycles. The number of carbonyl (C=O) groups is 1. The van der Waals surface area contributed by atoms with Gasteiger partial charge in [-0.05, 0) is 37.5 Å². The number of para-hydroxylation sites is 2. The van der Waals surface area contributed by atoms with E-state index in [1.165, 1.54) is 0 Å². The van der Waals surface area contributed by atoms with Gasteiger partial charge in [-0.3, -0.25) is 4.79 Å². The molecular formula is C20H25ClN2O3. The third-order valence-electron chi connectivity index (χ3n) is 4.56. The molecule has 3 rings (SSSR count). The van der Waals surface area contributed by atoms with E-state index in [4.69, 9.17) is 15.2 Å². The zero-order valence-electron chi connectivity index (χ0n) is 14.9. The number of amides is 1. The van der Waals surface area contributed by atoms with Crippen LogP contribution in [0.25, 0.3) is 0 Å². The maximum Gasteiger partial charge on any atom is 0.240 e. The third kappa shape index (κ3) is 4.75. The van der Waals surface area contributed by atoms with Crippen molar-refractivity contribution in [3.8, 4) is 11.5 Å². The Kier molecular flexibility index (Phi) is 7.03. The van der Waals surface area contributed by atoms with Crippen LogP contribution in [0.4, 0.5) is 0 Å². The van der Waals surface area contributed by atoms with Crippen molar-refractivity contribution in [2.75, 3.05) is 13.2 Å². The summed E-state index contributed by atoms with van der Waals surface area (Å²) < 4.78 is 11.3. The SMILES string of the molecule is Cc1ccccc1Oc1ccccc1CNC(=O)C1(N)CCOCC1.Cl. The van der Waals surface area contributed by atoms with Crippen LogP contribution in [0.15, 0.2) is 48.5 Å². The van der Waals surface area contributed by atoms with E-state index < -0.39 is 5.54 Å². The van der Waals surface area contributed by atoms with Crippen molar-refractivity contribution in [3.05, 3.63) is 59.7 Å². The van der Waals surface area contributed by atoms with Gasteiger partial charge in [-0.2, -0.15) is 0 Å². The zero-order valence-corrected chi connectivity index (χ0v) is 15.7. The second-order valence-electron chi connectivity index (χ2n) is 6.43. The Morgan fingerprint density at radius 3 is 2.42 bits per heavy atom. The monoisotopic (exact) mass is 376 g/mol. The van der Waals surface area contributed by atoms with Gasteiger partial charge in [-0.25, -0.2) is 0 Å². The molecule has 0 atom stereocenters. The fourth-order valence-corrected chi connectivity index (χ4v) is 2.85. The smallest absolute Gasteiger partial charge is 0.240 e. The van der Waals surface area contributed by atoms with Gasteiger partial charge in [0.2, 0.25) is 5.91 Å². The number of aryl methyl sites for hydroxylation is 1. The molecule has 0 spiro atoms. The topological polar surface area (TPSA) is 73.6 Å². The molecule has 2 aromatic rings. The first-order valence-corrected chi connectivity index (χ1v) is 8.55. The Hall–Kier alpha value is -2.08. The lowest BCUT2D eigenvalue weighted by Crippen LogP contribution is -2.56. The number of halogens is 1. The number of carbonyl (C=O) groups excluding carboxylic acids is 1. The summed E-state index contributed by atoms with van der Waals surface area (Å²) in [7, 11) is 0. The van der Waals surface area contributed by atoms with E-state index in [0.717, 1.165) is 22.6 Å². The number of nitrogens with two attached hydrogens (primary N) is 1. The van der Waals surface area contributed by atoms with Gasteiger partial charge >= 0.3 is 0 Å². The second-order valence-corrected chi connectivity index (χ2v) is 6.43. The summed E-state index contributed by atoms with van der Waals surface area (Å²) in [6.45, 7) is 3.43. The highest BCUT2D eigenvalue weighted by molar-refractivity contribution is 5.86. The number of ether oxygens (including phenoxy) is 2. The van der Waals surface area contributed by atoms with E-state index >= 15 is 0 Å². The van der Waals surface area contributed by atoms with Crippen molar-refractivity contribution in [1.29, 1.82) is 0 Å². The van der Waals surface area contributed by atoms with Crippen LogP contribution in [0.3, 0.4) is 0 Å². The number of hydrogen-bond acceptors (Lipinski definition) is 4. The number of nitrogens with one attached hydrogen (secondary N) is 1. The van der Waals surface area contributed by atoms with Crippen LogP contribution in [0.1, 0.15) is 24.0 Å². The molecule has 140 valence electrons. The predicted molar refractivity (Wildman–Crippen MR) is 104 cm³/mol. The minimum Gasteiger partial charge on any atom is -0.457 e. The average molecular weight is 377 g/mol. The highest BCUT2D eigenvalue weighted by Crippen LogP contribution is 2.28. The van der Waals surface area contributed by atoms with Gasteiger partial charge in [0.1, 0.15) is 11.5 Å². The lowest BCUT2D eigenvalue weighted by molar-refractivity contribution is -0.129. The Morgan fingerprint density at radius 1 is 1.12 bits per heavy atom. The van der Waals surface area contributed by atoms with E-state index in [9.17, 15) is 4.79 Å². The number of hydrogen-bond donors (Lipinski definition) is 2. The van der Waals surface area contributed by atoms with Crippen LogP contribution in [0, 0.1) is 6.92 Å². The molecule has 1 aliphatic rings. The predicted octanol–water partition coefficient (Wildman–Crippen LogP) is 3.33. The number of rotatable bonds is 5. The minimum atomic E-state index is -0.843. The molecule has 0 aliphatic carbocycles. The van der Waals surface area contributed by atoms with E-state index in [1.807, 2.05) is 55.5 Å². The summed E-state index contributed by atoms with van der Waals surface area (Å²) >= 11 is 0. The zero-order chi connectivity index (χ0) is 17.7. The van der Waals surface area contributed by atoms with Gasteiger partial charge in [0.25, 0.3) is 0 Å². The first kappa shape index (κ1) is 20.2. The lowest BCUT2D eigenvalue weighted by atomic mass is 9.90. The normalized spacial score (nSPS) is 15.6. The molecular weight excluding hydrogens is 352 g/mol. The van der Waals surface area contributed by atoms with Gasteiger partial charge in [-0.1, -0.05) is 36.4 Å². The highest BCUT2D eigenvalue weighted by Gasteiger charge is 2.35. The van der Waals surface area contributed by atoms with E-state index in [-0.39, 0.29) is 18.3 Å². The van der Waals surface area contributed by atoms with Crippen LogP contribution in [-0.4, -0.2) is 24.7 Å². The molecule has 1 heterocycles. The van der Waals surface area contributed by atoms with Gasteiger partial charge in [-0.15, -0.1) is 12.4 Å². The second kappa shape index (κ2) is 9.03. The molecule has 5 nitrogen and oxygen atoms in total. The fraction of sp³-hybridized carbons (Fsp3) is 0.350. The van der Waals surface area contributed by atoms with Crippen molar-refractivity contribution in [2.24, 2.45) is 5.73 Å². The molecule has 0 radical (unpaired) electrons. The van der Waals surface area contributed by atoms with Crippen LogP contribution in [0.2, 0.25) is 0 Å². The van der Waals surface area contributed by atoms with Crippen molar-refractivity contribution < 1.29 is 14.3 Å². The molecule has 3 N–H and O–H groups in total. The Morgan fingerprint density at radius 2 is 1.73 bits per heavy atom. The van der Waals surface area contributed by atoms with Crippen LogP contribution in [0.5, 0.6) is 11.5 Å². The van der Waals surface area contributed by atoms with Gasteiger partial charge in [0.05, 0.1) is 5.54 Å². The van der Waals surface area contributed by atoms with Crippen molar-refractivity contribution in [1.82, 2.24) is 5.32 Å².